The van der Waals surface area contributed by atoms with Crippen molar-refractivity contribution in [3.05, 3.63) is 0 Å². The smallest absolute Gasteiger partial charge is 0.325 e. The third kappa shape index (κ3) is 3.43. The summed E-state index contributed by atoms with van der Waals surface area (Å²) in [6.07, 6.45) is 2.55. The molecule has 1 saturated heterocycles. The minimum atomic E-state index is -3.58. The van der Waals surface area contributed by atoms with Gasteiger partial charge in [-0.1, -0.05) is 0 Å². The van der Waals surface area contributed by atoms with Gasteiger partial charge in [-0.3, -0.25) is 4.79 Å². The molecule has 1 aliphatic rings. The number of methoxy groups -OCH3 is 1. The predicted octanol–water partition coefficient (Wildman–Crippen LogP) is -0.0615. The van der Waals surface area contributed by atoms with E-state index in [2.05, 4.69) is 4.74 Å². The van der Waals surface area contributed by atoms with Crippen molar-refractivity contribution in [2.45, 2.75) is 31.4 Å². The van der Waals surface area contributed by atoms with Crippen LogP contribution >= 0.6 is 0 Å². The quantitative estimate of drug-likeness (QED) is 0.711. The maximum Gasteiger partial charge on any atom is 0.325 e. The Morgan fingerprint density at radius 1 is 1.44 bits per heavy atom. The number of sulfonamides is 1. The van der Waals surface area contributed by atoms with E-state index in [-0.39, 0.29) is 0 Å². The number of carbonyl (C=O) groups excluding carboxylic acids is 1. The molecule has 2 N–H and O–H groups in total. The van der Waals surface area contributed by atoms with Gasteiger partial charge in [0, 0.05) is 13.1 Å². The molecule has 0 aliphatic carbocycles. The van der Waals surface area contributed by atoms with Crippen LogP contribution in [0.15, 0.2) is 0 Å². The number of carbonyl (C=O) groups is 1. The lowest BCUT2D eigenvalue weighted by atomic mass is 9.95. The molecule has 0 aromatic rings. The summed E-state index contributed by atoms with van der Waals surface area (Å²) < 4.78 is 30.2. The lowest BCUT2D eigenvalue weighted by Crippen LogP contribution is -2.45. The van der Waals surface area contributed by atoms with Crippen molar-refractivity contribution in [2.75, 3.05) is 26.7 Å². The molecule has 18 heavy (non-hydrogen) atoms. The van der Waals surface area contributed by atoms with E-state index in [1.807, 2.05) is 0 Å². The summed E-state index contributed by atoms with van der Waals surface area (Å²) in [4.78, 5) is 11.3. The second kappa shape index (κ2) is 6.49. The van der Waals surface area contributed by atoms with Gasteiger partial charge in [-0.05, 0) is 38.6 Å². The van der Waals surface area contributed by atoms with Crippen LogP contribution in [0.4, 0.5) is 0 Å². The van der Waals surface area contributed by atoms with E-state index in [9.17, 15) is 13.2 Å². The lowest BCUT2D eigenvalue weighted by molar-refractivity contribution is -0.139. The lowest BCUT2D eigenvalue weighted by Gasteiger charge is -2.32. The highest BCUT2D eigenvalue weighted by Crippen LogP contribution is 2.23. The fraction of sp³-hybridized carbons (Fsp3) is 0.909. The molecule has 1 heterocycles. The highest BCUT2D eigenvalue weighted by Gasteiger charge is 2.36. The molecule has 6 nitrogen and oxygen atoms in total. The van der Waals surface area contributed by atoms with Crippen molar-refractivity contribution in [2.24, 2.45) is 11.7 Å². The van der Waals surface area contributed by atoms with Crippen molar-refractivity contribution in [3.63, 3.8) is 0 Å². The monoisotopic (exact) mass is 278 g/mol. The van der Waals surface area contributed by atoms with E-state index in [0.29, 0.717) is 25.6 Å². The first-order chi connectivity index (χ1) is 8.43. The first kappa shape index (κ1) is 15.4. The topological polar surface area (TPSA) is 89.7 Å². The normalized spacial score (nSPS) is 20.6. The molecule has 0 amide bonds. The summed E-state index contributed by atoms with van der Waals surface area (Å²) >= 11 is 0. The Bertz CT molecular complexity index is 375. The summed E-state index contributed by atoms with van der Waals surface area (Å²) in [5.41, 5.74) is 5.49. The van der Waals surface area contributed by atoms with Gasteiger partial charge in [0.1, 0.15) is 0 Å². The zero-order valence-corrected chi connectivity index (χ0v) is 11.8. The van der Waals surface area contributed by atoms with Crippen LogP contribution in [-0.4, -0.2) is 50.7 Å². The summed E-state index contributed by atoms with van der Waals surface area (Å²) in [6.45, 7) is 2.94. The van der Waals surface area contributed by atoms with Gasteiger partial charge < -0.3 is 10.5 Å². The van der Waals surface area contributed by atoms with Crippen molar-refractivity contribution in [1.29, 1.82) is 0 Å². The average Bonchev–Trinajstić information content (AvgIpc) is 2.38. The van der Waals surface area contributed by atoms with Crippen LogP contribution in [0.3, 0.4) is 0 Å². The van der Waals surface area contributed by atoms with Gasteiger partial charge in [-0.2, -0.15) is 0 Å². The van der Waals surface area contributed by atoms with Crippen LogP contribution in [0.1, 0.15) is 26.2 Å². The minimum absolute atomic E-state index is 0.467. The first-order valence-corrected chi connectivity index (χ1v) is 7.70. The standard InChI is InChI=1S/C11H22N2O4S/c1-9(11(14)17-2)18(15,16)13-7-4-10(3-6-12)5-8-13/h9-10H,3-8,12H2,1-2H3. The zero-order chi connectivity index (χ0) is 13.8. The molecule has 106 valence electrons. The third-order valence-corrected chi connectivity index (χ3v) is 5.66. The third-order valence-electron chi connectivity index (χ3n) is 3.49. The minimum Gasteiger partial charge on any atom is -0.468 e. The van der Waals surface area contributed by atoms with Gasteiger partial charge in [-0.25, -0.2) is 12.7 Å². The van der Waals surface area contributed by atoms with Gasteiger partial charge in [0.25, 0.3) is 0 Å². The number of hydrogen-bond donors (Lipinski definition) is 1. The van der Waals surface area contributed by atoms with Crippen LogP contribution in [-0.2, 0) is 19.6 Å². The number of esters is 1. The van der Waals surface area contributed by atoms with E-state index in [1.54, 1.807) is 0 Å². The average molecular weight is 278 g/mol. The molecule has 1 fully saturated rings. The molecule has 0 radical (unpaired) electrons. The van der Waals surface area contributed by atoms with Gasteiger partial charge in [-0.15, -0.1) is 0 Å². The molecule has 7 heteroatoms. The largest absolute Gasteiger partial charge is 0.468 e. The van der Waals surface area contributed by atoms with Crippen LogP contribution in [0, 0.1) is 5.92 Å². The Labute approximate surface area is 109 Å². The highest BCUT2D eigenvalue weighted by atomic mass is 32.2. The SMILES string of the molecule is COC(=O)C(C)S(=O)(=O)N1CCC(CCN)CC1. The van der Waals surface area contributed by atoms with Crippen molar-refractivity contribution in [3.8, 4) is 0 Å². The van der Waals surface area contributed by atoms with Crippen molar-refractivity contribution < 1.29 is 17.9 Å². The predicted molar refractivity (Wildman–Crippen MR) is 68.4 cm³/mol. The molecule has 0 bridgehead atoms. The number of piperidine rings is 1. The van der Waals surface area contributed by atoms with E-state index >= 15 is 0 Å². The van der Waals surface area contributed by atoms with Crippen LogP contribution in [0.25, 0.3) is 0 Å². The zero-order valence-electron chi connectivity index (χ0n) is 11.0. The van der Waals surface area contributed by atoms with Crippen LogP contribution in [0.2, 0.25) is 0 Å². The molecular formula is C11H22N2O4S. The fourth-order valence-electron chi connectivity index (χ4n) is 2.20. The first-order valence-electron chi connectivity index (χ1n) is 6.20. The Morgan fingerprint density at radius 2 is 2.00 bits per heavy atom. The van der Waals surface area contributed by atoms with E-state index in [1.165, 1.54) is 18.3 Å². The molecule has 1 rings (SSSR count). The van der Waals surface area contributed by atoms with Gasteiger partial charge in [0.2, 0.25) is 10.0 Å². The van der Waals surface area contributed by atoms with E-state index in [0.717, 1.165) is 19.3 Å². The van der Waals surface area contributed by atoms with Gasteiger partial charge in [0.15, 0.2) is 5.25 Å². The fourth-order valence-corrected chi connectivity index (χ4v) is 3.71. The van der Waals surface area contributed by atoms with Crippen LogP contribution in [0.5, 0.6) is 0 Å². The summed E-state index contributed by atoms with van der Waals surface area (Å²) in [5.74, 6) is -0.214. The summed E-state index contributed by atoms with van der Waals surface area (Å²) in [5, 5.41) is -1.13. The van der Waals surface area contributed by atoms with Crippen molar-refractivity contribution in [1.82, 2.24) is 4.31 Å². The van der Waals surface area contributed by atoms with E-state index in [4.69, 9.17) is 5.73 Å². The van der Waals surface area contributed by atoms with Crippen LogP contribution < -0.4 is 5.73 Å². The second-order valence-electron chi connectivity index (χ2n) is 4.63. The Balaban J connectivity index is 2.63. The molecule has 0 aromatic heterocycles. The maximum atomic E-state index is 12.2. The van der Waals surface area contributed by atoms with Gasteiger partial charge in [0.05, 0.1) is 7.11 Å². The number of nitrogens with two attached hydrogens (primary N) is 1. The second-order valence-corrected chi connectivity index (χ2v) is 6.88. The number of ether oxygens (including phenoxy) is 1. The molecule has 0 spiro atoms. The molecule has 1 unspecified atom stereocenters. The number of hydrogen-bond acceptors (Lipinski definition) is 5. The highest BCUT2D eigenvalue weighted by molar-refractivity contribution is 7.90. The Hall–Kier alpha value is -0.660. The number of nitrogens with zero attached hydrogens (tertiary/aromatic N) is 1. The Kier molecular flexibility index (Phi) is 5.55. The summed E-state index contributed by atoms with van der Waals surface area (Å²) in [7, 11) is -2.39. The molecule has 0 saturated carbocycles. The van der Waals surface area contributed by atoms with E-state index < -0.39 is 21.2 Å². The molecule has 1 aliphatic heterocycles. The molecular weight excluding hydrogens is 256 g/mol. The summed E-state index contributed by atoms with van der Waals surface area (Å²) in [6, 6.07) is 0. The van der Waals surface area contributed by atoms with Gasteiger partial charge >= 0.3 is 5.97 Å². The molecule has 1 atom stereocenters. The van der Waals surface area contributed by atoms with Crippen molar-refractivity contribution >= 4 is 16.0 Å². The Morgan fingerprint density at radius 3 is 2.44 bits per heavy atom. The number of rotatable bonds is 5. The molecule has 0 aromatic carbocycles. The maximum absolute atomic E-state index is 12.2.